The van der Waals surface area contributed by atoms with Crippen LogP contribution in [0.1, 0.15) is 16.4 Å². The highest BCUT2D eigenvalue weighted by Crippen LogP contribution is 2.32. The lowest BCUT2D eigenvalue weighted by Gasteiger charge is -2.14. The normalized spacial score (nSPS) is 11.8. The van der Waals surface area contributed by atoms with Gasteiger partial charge in [0.2, 0.25) is 0 Å². The Balaban J connectivity index is 1.79. The van der Waals surface area contributed by atoms with Gasteiger partial charge in [-0.2, -0.15) is 10.2 Å². The molecule has 0 radical (unpaired) electrons. The third kappa shape index (κ3) is 5.60. The molecule has 0 saturated heterocycles. The molecular weight excluding hydrogens is 422 g/mol. The molecule has 0 aliphatic heterocycles. The highest BCUT2D eigenvalue weighted by atomic mass is 32.2. The first-order valence-electron chi connectivity index (χ1n) is 8.97. The Morgan fingerprint density at radius 1 is 1.13 bits per heavy atom. The van der Waals surface area contributed by atoms with E-state index in [4.69, 9.17) is 9.47 Å². The lowest BCUT2D eigenvalue weighted by Crippen LogP contribution is -2.28. The SMILES string of the molecule is COc1ccc(/C=N\NC(=O)C(Sc2n[nH]c(=O)[nH]c2=O)c2ccccc2)cc1OC. The molecule has 160 valence electrons. The number of amides is 1. The first-order chi connectivity index (χ1) is 15.0. The van der Waals surface area contributed by atoms with Crippen LogP contribution in [0.2, 0.25) is 0 Å². The van der Waals surface area contributed by atoms with Crippen molar-refractivity contribution < 1.29 is 14.3 Å². The van der Waals surface area contributed by atoms with Crippen molar-refractivity contribution in [2.75, 3.05) is 14.2 Å². The van der Waals surface area contributed by atoms with Crippen LogP contribution in [-0.2, 0) is 4.79 Å². The average Bonchev–Trinajstić information content (AvgIpc) is 2.79. The van der Waals surface area contributed by atoms with Crippen LogP contribution < -0.4 is 26.1 Å². The Bertz CT molecular complexity index is 1190. The van der Waals surface area contributed by atoms with Crippen LogP contribution in [0.25, 0.3) is 0 Å². The van der Waals surface area contributed by atoms with E-state index >= 15 is 0 Å². The summed E-state index contributed by atoms with van der Waals surface area (Å²) in [5.41, 5.74) is 2.38. The minimum Gasteiger partial charge on any atom is -0.493 e. The number of ether oxygens (including phenoxy) is 2. The number of hydrogen-bond acceptors (Lipinski definition) is 8. The lowest BCUT2D eigenvalue weighted by atomic mass is 10.1. The number of aromatic nitrogens is 3. The van der Waals surface area contributed by atoms with E-state index in [0.717, 1.165) is 11.8 Å². The Hall–Kier alpha value is -3.86. The van der Waals surface area contributed by atoms with Crippen LogP contribution in [0.3, 0.4) is 0 Å². The van der Waals surface area contributed by atoms with Crippen LogP contribution in [0.4, 0.5) is 0 Å². The Kier molecular flexibility index (Phi) is 7.22. The fourth-order valence-corrected chi connectivity index (χ4v) is 3.52. The Morgan fingerprint density at radius 2 is 1.87 bits per heavy atom. The molecule has 0 saturated carbocycles. The standard InChI is InChI=1S/C20H19N5O5S/c1-29-14-9-8-12(10-15(14)30-2)11-21-23-17(26)16(13-6-4-3-5-7-13)31-19-18(27)22-20(28)25-24-19/h3-11,16H,1-2H3,(H,23,26)(H2,22,25,27,28)/b21-11-. The summed E-state index contributed by atoms with van der Waals surface area (Å²) >= 11 is 0.895. The molecule has 11 heteroatoms. The van der Waals surface area contributed by atoms with E-state index in [1.165, 1.54) is 20.4 Å². The molecular formula is C20H19N5O5S. The fourth-order valence-electron chi connectivity index (χ4n) is 2.59. The first-order valence-corrected chi connectivity index (χ1v) is 9.85. The molecule has 0 spiro atoms. The molecule has 0 aliphatic carbocycles. The fraction of sp³-hybridized carbons (Fsp3) is 0.150. The zero-order valence-corrected chi connectivity index (χ0v) is 17.4. The molecule has 10 nitrogen and oxygen atoms in total. The van der Waals surface area contributed by atoms with E-state index in [0.29, 0.717) is 22.6 Å². The van der Waals surface area contributed by atoms with E-state index in [2.05, 4.69) is 25.7 Å². The number of carbonyl (C=O) groups is 1. The molecule has 1 atom stereocenters. The van der Waals surface area contributed by atoms with Crippen molar-refractivity contribution in [2.24, 2.45) is 5.10 Å². The predicted molar refractivity (Wildman–Crippen MR) is 116 cm³/mol. The van der Waals surface area contributed by atoms with E-state index in [1.54, 1.807) is 42.5 Å². The molecule has 0 aliphatic rings. The monoisotopic (exact) mass is 441 g/mol. The second kappa shape index (κ2) is 10.3. The molecule has 1 unspecified atom stereocenters. The smallest absolute Gasteiger partial charge is 0.342 e. The van der Waals surface area contributed by atoms with E-state index < -0.39 is 22.4 Å². The summed E-state index contributed by atoms with van der Waals surface area (Å²) in [5.74, 6) is 0.627. The molecule has 1 amide bonds. The number of thioether (sulfide) groups is 1. The predicted octanol–water partition coefficient (Wildman–Crippen LogP) is 1.46. The highest BCUT2D eigenvalue weighted by Gasteiger charge is 2.24. The number of hydrazone groups is 1. The van der Waals surface area contributed by atoms with Crippen LogP contribution in [0.15, 0.2) is 68.2 Å². The summed E-state index contributed by atoms with van der Waals surface area (Å²) in [7, 11) is 3.06. The second-order valence-electron chi connectivity index (χ2n) is 6.07. The summed E-state index contributed by atoms with van der Waals surface area (Å²) in [4.78, 5) is 38.1. The van der Waals surface area contributed by atoms with E-state index in [1.807, 2.05) is 6.07 Å². The lowest BCUT2D eigenvalue weighted by molar-refractivity contribution is -0.120. The van der Waals surface area contributed by atoms with Crippen molar-refractivity contribution in [2.45, 2.75) is 10.3 Å². The van der Waals surface area contributed by atoms with Gasteiger partial charge in [0.1, 0.15) is 5.25 Å². The van der Waals surface area contributed by atoms with Crippen LogP contribution in [0.5, 0.6) is 11.5 Å². The molecule has 1 heterocycles. The van der Waals surface area contributed by atoms with Gasteiger partial charge in [0.05, 0.1) is 20.4 Å². The largest absolute Gasteiger partial charge is 0.493 e. The molecule has 3 N–H and O–H groups in total. The van der Waals surface area contributed by atoms with Crippen molar-refractivity contribution in [3.63, 3.8) is 0 Å². The van der Waals surface area contributed by atoms with E-state index in [-0.39, 0.29) is 5.03 Å². The summed E-state index contributed by atoms with van der Waals surface area (Å²) in [6.45, 7) is 0. The number of aromatic amines is 2. The summed E-state index contributed by atoms with van der Waals surface area (Å²) < 4.78 is 10.4. The second-order valence-corrected chi connectivity index (χ2v) is 7.16. The number of methoxy groups -OCH3 is 2. The minimum absolute atomic E-state index is 0.0486. The Morgan fingerprint density at radius 3 is 2.55 bits per heavy atom. The van der Waals surface area contributed by atoms with Gasteiger partial charge in [-0.3, -0.25) is 14.6 Å². The van der Waals surface area contributed by atoms with Crippen LogP contribution in [-0.4, -0.2) is 41.5 Å². The zero-order valence-electron chi connectivity index (χ0n) is 16.6. The van der Waals surface area contributed by atoms with Gasteiger partial charge in [-0.15, -0.1) is 0 Å². The first kappa shape index (κ1) is 21.8. The minimum atomic E-state index is -0.830. The quantitative estimate of drug-likeness (QED) is 0.273. The number of H-pyrrole nitrogens is 2. The molecule has 0 bridgehead atoms. The molecule has 3 aromatic rings. The van der Waals surface area contributed by atoms with Crippen molar-refractivity contribution in [3.8, 4) is 11.5 Å². The van der Waals surface area contributed by atoms with Crippen molar-refractivity contribution in [1.82, 2.24) is 20.6 Å². The van der Waals surface area contributed by atoms with Crippen molar-refractivity contribution in [3.05, 3.63) is 80.5 Å². The highest BCUT2D eigenvalue weighted by molar-refractivity contribution is 8.00. The summed E-state index contributed by atoms with van der Waals surface area (Å²) in [6, 6.07) is 14.0. The molecule has 31 heavy (non-hydrogen) atoms. The van der Waals surface area contributed by atoms with Crippen LogP contribution >= 0.6 is 11.8 Å². The van der Waals surface area contributed by atoms with Gasteiger partial charge in [0.25, 0.3) is 11.5 Å². The Labute approximate surface area is 180 Å². The summed E-state index contributed by atoms with van der Waals surface area (Å²) in [5, 5.41) is 9.00. The van der Waals surface area contributed by atoms with Gasteiger partial charge in [-0.1, -0.05) is 42.1 Å². The molecule has 1 aromatic heterocycles. The van der Waals surface area contributed by atoms with Crippen molar-refractivity contribution >= 4 is 23.9 Å². The topological polar surface area (TPSA) is 139 Å². The van der Waals surface area contributed by atoms with Crippen molar-refractivity contribution in [1.29, 1.82) is 0 Å². The maximum atomic E-state index is 12.8. The van der Waals surface area contributed by atoms with Gasteiger partial charge in [-0.05, 0) is 29.3 Å². The summed E-state index contributed by atoms with van der Waals surface area (Å²) in [6.07, 6.45) is 1.46. The van der Waals surface area contributed by atoms with Gasteiger partial charge >= 0.3 is 5.69 Å². The van der Waals surface area contributed by atoms with Crippen LogP contribution in [0, 0.1) is 0 Å². The third-order valence-electron chi connectivity index (χ3n) is 4.05. The molecule has 0 fully saturated rings. The number of carbonyl (C=O) groups excluding carboxylic acids is 1. The maximum Gasteiger partial charge on any atom is 0.342 e. The molecule has 3 rings (SSSR count). The number of rotatable bonds is 8. The van der Waals surface area contributed by atoms with Gasteiger partial charge in [0.15, 0.2) is 16.5 Å². The third-order valence-corrected chi connectivity index (χ3v) is 5.27. The van der Waals surface area contributed by atoms with E-state index in [9.17, 15) is 14.4 Å². The number of nitrogens with one attached hydrogen (secondary N) is 3. The van der Waals surface area contributed by atoms with Gasteiger partial charge in [0, 0.05) is 0 Å². The maximum absolute atomic E-state index is 12.8. The average molecular weight is 441 g/mol. The van der Waals surface area contributed by atoms with Gasteiger partial charge < -0.3 is 9.47 Å². The van der Waals surface area contributed by atoms with Gasteiger partial charge in [-0.25, -0.2) is 15.3 Å². The number of benzene rings is 2. The zero-order chi connectivity index (χ0) is 22.2. The molecule has 2 aromatic carbocycles. The number of nitrogens with zero attached hydrogens (tertiary/aromatic N) is 2. The number of hydrogen-bond donors (Lipinski definition) is 3.